The average molecular weight is 226 g/mol. The standard InChI is InChI=1S/C14H30N2/c1-5-9-16(4)12-14(11-15-3)8-6-7-13(2)10-14/h13,15H,5-12H2,1-4H3. The summed E-state index contributed by atoms with van der Waals surface area (Å²) in [6, 6.07) is 0. The maximum absolute atomic E-state index is 3.42. The average Bonchev–Trinajstić information content (AvgIpc) is 2.17. The van der Waals surface area contributed by atoms with E-state index in [4.69, 9.17) is 0 Å². The fourth-order valence-corrected chi connectivity index (χ4v) is 3.54. The van der Waals surface area contributed by atoms with Crippen molar-refractivity contribution in [2.24, 2.45) is 11.3 Å². The minimum absolute atomic E-state index is 0.538. The summed E-state index contributed by atoms with van der Waals surface area (Å²) in [5.41, 5.74) is 0.538. The Labute approximate surface area is 102 Å². The molecule has 1 N–H and O–H groups in total. The Morgan fingerprint density at radius 2 is 2.19 bits per heavy atom. The van der Waals surface area contributed by atoms with Gasteiger partial charge in [-0.15, -0.1) is 0 Å². The molecule has 1 aliphatic carbocycles. The third-order valence-corrected chi connectivity index (χ3v) is 3.95. The minimum atomic E-state index is 0.538. The van der Waals surface area contributed by atoms with Crippen LogP contribution in [0, 0.1) is 11.3 Å². The second kappa shape index (κ2) is 6.61. The van der Waals surface area contributed by atoms with Gasteiger partial charge in [0.1, 0.15) is 0 Å². The highest BCUT2D eigenvalue weighted by Crippen LogP contribution is 2.39. The molecule has 0 radical (unpaired) electrons. The van der Waals surface area contributed by atoms with Crippen molar-refractivity contribution >= 4 is 0 Å². The predicted octanol–water partition coefficient (Wildman–Crippen LogP) is 2.74. The zero-order valence-electron chi connectivity index (χ0n) is 11.7. The molecule has 0 saturated heterocycles. The first-order chi connectivity index (χ1) is 7.62. The zero-order chi connectivity index (χ0) is 12.0. The molecule has 16 heavy (non-hydrogen) atoms. The summed E-state index contributed by atoms with van der Waals surface area (Å²) in [4.78, 5) is 2.52. The summed E-state index contributed by atoms with van der Waals surface area (Å²) >= 11 is 0. The number of nitrogens with zero attached hydrogens (tertiary/aromatic N) is 1. The lowest BCUT2D eigenvalue weighted by molar-refractivity contribution is 0.0940. The molecule has 0 amide bonds. The van der Waals surface area contributed by atoms with E-state index in [-0.39, 0.29) is 0 Å². The molecule has 1 aliphatic rings. The molecule has 1 saturated carbocycles. The summed E-state index contributed by atoms with van der Waals surface area (Å²) in [5.74, 6) is 0.914. The summed E-state index contributed by atoms with van der Waals surface area (Å²) in [6.45, 7) is 8.38. The Kier molecular flexibility index (Phi) is 5.77. The van der Waals surface area contributed by atoms with E-state index in [0.29, 0.717) is 5.41 Å². The third kappa shape index (κ3) is 4.06. The van der Waals surface area contributed by atoms with E-state index in [2.05, 4.69) is 38.2 Å². The highest BCUT2D eigenvalue weighted by atomic mass is 15.1. The quantitative estimate of drug-likeness (QED) is 0.749. The molecular formula is C14H30N2. The predicted molar refractivity (Wildman–Crippen MR) is 71.8 cm³/mol. The molecule has 2 heteroatoms. The second-order valence-electron chi connectivity index (χ2n) is 5.97. The fourth-order valence-electron chi connectivity index (χ4n) is 3.54. The molecule has 0 aromatic heterocycles. The van der Waals surface area contributed by atoms with Crippen molar-refractivity contribution in [3.05, 3.63) is 0 Å². The number of hydrogen-bond acceptors (Lipinski definition) is 2. The van der Waals surface area contributed by atoms with Crippen molar-refractivity contribution in [1.82, 2.24) is 10.2 Å². The van der Waals surface area contributed by atoms with E-state index in [1.165, 1.54) is 51.7 Å². The Balaban J connectivity index is 2.56. The van der Waals surface area contributed by atoms with Crippen LogP contribution in [0.1, 0.15) is 46.0 Å². The lowest BCUT2D eigenvalue weighted by Gasteiger charge is -2.42. The van der Waals surface area contributed by atoms with Crippen LogP contribution in [-0.4, -0.2) is 38.6 Å². The number of nitrogens with one attached hydrogen (secondary N) is 1. The molecule has 2 nitrogen and oxygen atoms in total. The van der Waals surface area contributed by atoms with Crippen molar-refractivity contribution in [2.75, 3.05) is 33.7 Å². The topological polar surface area (TPSA) is 15.3 Å². The van der Waals surface area contributed by atoms with Gasteiger partial charge >= 0.3 is 0 Å². The van der Waals surface area contributed by atoms with E-state index in [0.717, 1.165) is 5.92 Å². The Morgan fingerprint density at radius 3 is 2.75 bits per heavy atom. The van der Waals surface area contributed by atoms with Crippen LogP contribution in [0.4, 0.5) is 0 Å². The van der Waals surface area contributed by atoms with Crippen molar-refractivity contribution in [1.29, 1.82) is 0 Å². The van der Waals surface area contributed by atoms with Gasteiger partial charge in [-0.2, -0.15) is 0 Å². The van der Waals surface area contributed by atoms with E-state index in [1.54, 1.807) is 0 Å². The summed E-state index contributed by atoms with van der Waals surface area (Å²) in [6.07, 6.45) is 6.93. The molecule has 0 aromatic carbocycles. The maximum atomic E-state index is 3.42. The van der Waals surface area contributed by atoms with Crippen LogP contribution in [0.3, 0.4) is 0 Å². The molecule has 0 heterocycles. The van der Waals surface area contributed by atoms with Crippen molar-refractivity contribution < 1.29 is 0 Å². The van der Waals surface area contributed by atoms with Crippen LogP contribution < -0.4 is 5.32 Å². The first-order valence-electron chi connectivity index (χ1n) is 6.95. The molecule has 2 unspecified atom stereocenters. The monoisotopic (exact) mass is 226 g/mol. The first-order valence-corrected chi connectivity index (χ1v) is 6.95. The largest absolute Gasteiger partial charge is 0.319 e. The van der Waals surface area contributed by atoms with Crippen LogP contribution >= 0.6 is 0 Å². The van der Waals surface area contributed by atoms with Crippen molar-refractivity contribution in [3.8, 4) is 0 Å². The summed E-state index contributed by atoms with van der Waals surface area (Å²) < 4.78 is 0. The van der Waals surface area contributed by atoms with Crippen molar-refractivity contribution in [3.63, 3.8) is 0 Å². The Bertz CT molecular complexity index is 189. The van der Waals surface area contributed by atoms with Crippen LogP contribution in [0.25, 0.3) is 0 Å². The van der Waals surface area contributed by atoms with Gasteiger partial charge in [-0.1, -0.05) is 26.7 Å². The van der Waals surface area contributed by atoms with Crippen LogP contribution in [0.2, 0.25) is 0 Å². The number of hydrogen-bond donors (Lipinski definition) is 1. The van der Waals surface area contributed by atoms with E-state index in [1.807, 2.05) is 0 Å². The highest BCUT2D eigenvalue weighted by Gasteiger charge is 2.34. The van der Waals surface area contributed by atoms with Crippen LogP contribution in [0.15, 0.2) is 0 Å². The van der Waals surface area contributed by atoms with Gasteiger partial charge in [0.2, 0.25) is 0 Å². The van der Waals surface area contributed by atoms with Crippen LogP contribution in [0.5, 0.6) is 0 Å². The SMILES string of the molecule is CCCN(C)CC1(CNC)CCCC(C)C1. The number of rotatable bonds is 6. The second-order valence-corrected chi connectivity index (χ2v) is 5.97. The molecule has 0 spiro atoms. The molecule has 0 bridgehead atoms. The first kappa shape index (κ1) is 14.0. The molecule has 0 aliphatic heterocycles. The lowest BCUT2D eigenvalue weighted by Crippen LogP contribution is -2.45. The Morgan fingerprint density at radius 1 is 1.44 bits per heavy atom. The maximum Gasteiger partial charge on any atom is 0.00472 e. The van der Waals surface area contributed by atoms with E-state index >= 15 is 0 Å². The molecule has 2 atom stereocenters. The van der Waals surface area contributed by atoms with Crippen molar-refractivity contribution in [2.45, 2.75) is 46.0 Å². The highest BCUT2D eigenvalue weighted by molar-refractivity contribution is 4.89. The lowest BCUT2D eigenvalue weighted by atomic mass is 9.69. The smallest absolute Gasteiger partial charge is 0.00472 e. The summed E-state index contributed by atoms with van der Waals surface area (Å²) in [5, 5.41) is 3.42. The van der Waals surface area contributed by atoms with E-state index in [9.17, 15) is 0 Å². The molecule has 0 aromatic rings. The zero-order valence-corrected chi connectivity index (χ0v) is 11.7. The molecule has 96 valence electrons. The fraction of sp³-hybridized carbons (Fsp3) is 1.00. The Hall–Kier alpha value is -0.0800. The van der Waals surface area contributed by atoms with Crippen LogP contribution in [-0.2, 0) is 0 Å². The summed E-state index contributed by atoms with van der Waals surface area (Å²) in [7, 11) is 4.38. The van der Waals surface area contributed by atoms with Gasteiger partial charge in [0.15, 0.2) is 0 Å². The molecule has 1 rings (SSSR count). The van der Waals surface area contributed by atoms with Gasteiger partial charge < -0.3 is 10.2 Å². The van der Waals surface area contributed by atoms with E-state index < -0.39 is 0 Å². The van der Waals surface area contributed by atoms with Gasteiger partial charge in [-0.05, 0) is 51.2 Å². The normalized spacial score (nSPS) is 30.9. The van der Waals surface area contributed by atoms with Gasteiger partial charge in [-0.3, -0.25) is 0 Å². The third-order valence-electron chi connectivity index (χ3n) is 3.95. The molecular weight excluding hydrogens is 196 g/mol. The van der Waals surface area contributed by atoms with Gasteiger partial charge in [0.05, 0.1) is 0 Å². The van der Waals surface area contributed by atoms with Gasteiger partial charge in [0, 0.05) is 13.1 Å². The minimum Gasteiger partial charge on any atom is -0.319 e. The van der Waals surface area contributed by atoms with Gasteiger partial charge in [0.25, 0.3) is 0 Å². The van der Waals surface area contributed by atoms with Gasteiger partial charge in [-0.25, -0.2) is 0 Å². The molecule has 1 fully saturated rings.